The maximum atomic E-state index is 8.14. The van der Waals surface area contributed by atoms with Gasteiger partial charge >= 0.3 is 0 Å². The normalized spacial score (nSPS) is 11.2. The second-order valence-corrected chi connectivity index (χ2v) is 2.13. The summed E-state index contributed by atoms with van der Waals surface area (Å²) in [4.78, 5) is 0. The standard InChI is InChI=1S/C6H6.C3H9NO/c1-2-4-6-5-3-1;1-2-3(4)5/h1-6H;3,5H,2,4H2,1H3. The van der Waals surface area contributed by atoms with Crippen molar-refractivity contribution in [3.8, 4) is 0 Å². The number of hydrogen-bond acceptors (Lipinski definition) is 2. The number of hydrogen-bond donors (Lipinski definition) is 2. The molecule has 1 rings (SSSR count). The van der Waals surface area contributed by atoms with Gasteiger partial charge in [0, 0.05) is 0 Å². The van der Waals surface area contributed by atoms with E-state index in [1.807, 2.05) is 43.3 Å². The smallest absolute Gasteiger partial charge is 0.102 e. The van der Waals surface area contributed by atoms with Crippen LogP contribution in [0.5, 0.6) is 0 Å². The molecule has 62 valence electrons. The van der Waals surface area contributed by atoms with Crippen LogP contribution >= 0.6 is 0 Å². The molecule has 0 saturated carbocycles. The number of rotatable bonds is 1. The quantitative estimate of drug-likeness (QED) is 0.598. The monoisotopic (exact) mass is 153 g/mol. The van der Waals surface area contributed by atoms with E-state index in [2.05, 4.69) is 0 Å². The molecule has 0 aromatic heterocycles. The average Bonchev–Trinajstić information content (AvgIpc) is 2.09. The molecule has 0 heterocycles. The highest BCUT2D eigenvalue weighted by Crippen LogP contribution is 1.79. The van der Waals surface area contributed by atoms with Gasteiger partial charge in [-0.3, -0.25) is 0 Å². The zero-order valence-corrected chi connectivity index (χ0v) is 6.77. The van der Waals surface area contributed by atoms with Crippen LogP contribution in [0.4, 0.5) is 0 Å². The third-order valence-corrected chi connectivity index (χ3v) is 1.08. The minimum Gasteiger partial charge on any atom is -0.379 e. The molecule has 3 N–H and O–H groups in total. The Hall–Kier alpha value is -0.860. The number of nitrogens with two attached hydrogens (primary N) is 1. The van der Waals surface area contributed by atoms with Crippen LogP contribution in [0.25, 0.3) is 0 Å². The number of benzene rings is 1. The van der Waals surface area contributed by atoms with Gasteiger partial charge in [0.2, 0.25) is 0 Å². The van der Waals surface area contributed by atoms with E-state index in [9.17, 15) is 0 Å². The predicted octanol–water partition coefficient (Wildman–Crippen LogP) is 1.36. The van der Waals surface area contributed by atoms with Gasteiger partial charge in [-0.25, -0.2) is 0 Å². The number of aliphatic hydroxyl groups excluding tert-OH is 1. The van der Waals surface area contributed by atoms with E-state index in [0.29, 0.717) is 6.42 Å². The van der Waals surface area contributed by atoms with Gasteiger partial charge < -0.3 is 10.8 Å². The minimum atomic E-state index is -0.616. The largest absolute Gasteiger partial charge is 0.379 e. The van der Waals surface area contributed by atoms with Gasteiger partial charge in [0.05, 0.1) is 0 Å². The van der Waals surface area contributed by atoms with Crippen LogP contribution in [0.2, 0.25) is 0 Å². The molecule has 2 nitrogen and oxygen atoms in total. The first-order valence-electron chi connectivity index (χ1n) is 3.71. The molecule has 1 atom stereocenters. The maximum absolute atomic E-state index is 8.14. The molecule has 1 aromatic carbocycles. The summed E-state index contributed by atoms with van der Waals surface area (Å²) in [6.07, 6.45) is 0.0231. The van der Waals surface area contributed by atoms with E-state index in [-0.39, 0.29) is 0 Å². The zero-order chi connectivity index (χ0) is 8.53. The van der Waals surface area contributed by atoms with Crippen LogP contribution in [-0.2, 0) is 0 Å². The fraction of sp³-hybridized carbons (Fsp3) is 0.333. The molecular formula is C9H15NO. The van der Waals surface area contributed by atoms with Gasteiger partial charge in [-0.2, -0.15) is 0 Å². The van der Waals surface area contributed by atoms with E-state index in [0.717, 1.165) is 0 Å². The van der Waals surface area contributed by atoms with Gasteiger partial charge in [0.25, 0.3) is 0 Å². The predicted molar refractivity (Wildman–Crippen MR) is 46.9 cm³/mol. The van der Waals surface area contributed by atoms with Crippen molar-refractivity contribution in [2.45, 2.75) is 19.6 Å². The van der Waals surface area contributed by atoms with Crippen molar-refractivity contribution < 1.29 is 5.11 Å². The van der Waals surface area contributed by atoms with Gasteiger partial charge in [-0.1, -0.05) is 43.3 Å². The summed E-state index contributed by atoms with van der Waals surface area (Å²) in [5.74, 6) is 0. The molecule has 0 fully saturated rings. The fourth-order valence-corrected chi connectivity index (χ4v) is 0.385. The molecule has 0 bridgehead atoms. The maximum Gasteiger partial charge on any atom is 0.102 e. The molecule has 0 amide bonds. The van der Waals surface area contributed by atoms with E-state index >= 15 is 0 Å². The second-order valence-electron chi connectivity index (χ2n) is 2.13. The second kappa shape index (κ2) is 7.25. The van der Waals surface area contributed by atoms with Crippen LogP contribution in [0.15, 0.2) is 36.4 Å². The first-order valence-corrected chi connectivity index (χ1v) is 3.71. The van der Waals surface area contributed by atoms with Crippen LogP contribution in [0.1, 0.15) is 13.3 Å². The Labute approximate surface area is 67.7 Å². The van der Waals surface area contributed by atoms with Gasteiger partial charge in [0.1, 0.15) is 6.23 Å². The third-order valence-electron chi connectivity index (χ3n) is 1.08. The van der Waals surface area contributed by atoms with E-state index in [4.69, 9.17) is 10.8 Å². The Bertz CT molecular complexity index is 124. The molecule has 0 radical (unpaired) electrons. The summed E-state index contributed by atoms with van der Waals surface area (Å²) in [7, 11) is 0. The van der Waals surface area contributed by atoms with E-state index in [1.165, 1.54) is 0 Å². The molecule has 11 heavy (non-hydrogen) atoms. The fourth-order valence-electron chi connectivity index (χ4n) is 0.385. The summed E-state index contributed by atoms with van der Waals surface area (Å²) in [6.45, 7) is 1.82. The molecule has 0 spiro atoms. The lowest BCUT2D eigenvalue weighted by molar-refractivity contribution is 0.178. The highest BCUT2D eigenvalue weighted by Gasteiger charge is 1.81. The van der Waals surface area contributed by atoms with Crippen molar-refractivity contribution in [3.05, 3.63) is 36.4 Å². The van der Waals surface area contributed by atoms with Crippen molar-refractivity contribution in [3.63, 3.8) is 0 Å². The highest BCUT2D eigenvalue weighted by molar-refractivity contribution is 4.99. The first kappa shape index (κ1) is 10.1. The molecule has 0 aliphatic rings. The lowest BCUT2D eigenvalue weighted by Crippen LogP contribution is -2.16. The molecular weight excluding hydrogens is 138 g/mol. The van der Waals surface area contributed by atoms with Gasteiger partial charge in [0.15, 0.2) is 0 Å². The molecule has 0 aliphatic heterocycles. The van der Waals surface area contributed by atoms with Crippen LogP contribution in [-0.4, -0.2) is 11.3 Å². The average molecular weight is 153 g/mol. The Balaban J connectivity index is 0.000000187. The molecule has 0 aliphatic carbocycles. The molecule has 0 saturated heterocycles. The molecule has 1 aromatic rings. The summed E-state index contributed by atoms with van der Waals surface area (Å²) in [6, 6.07) is 12.0. The van der Waals surface area contributed by atoms with E-state index < -0.39 is 6.23 Å². The van der Waals surface area contributed by atoms with Crippen molar-refractivity contribution in [2.75, 3.05) is 0 Å². The summed E-state index contributed by atoms with van der Waals surface area (Å²) >= 11 is 0. The van der Waals surface area contributed by atoms with Crippen LogP contribution < -0.4 is 5.73 Å². The zero-order valence-electron chi connectivity index (χ0n) is 6.77. The van der Waals surface area contributed by atoms with Crippen LogP contribution in [0.3, 0.4) is 0 Å². The van der Waals surface area contributed by atoms with Crippen molar-refractivity contribution >= 4 is 0 Å². The van der Waals surface area contributed by atoms with Crippen LogP contribution in [0, 0.1) is 0 Å². The Kier molecular flexibility index (Phi) is 6.68. The lowest BCUT2D eigenvalue weighted by atomic mass is 10.4. The Morgan fingerprint density at radius 1 is 1.09 bits per heavy atom. The van der Waals surface area contributed by atoms with Crippen molar-refractivity contribution in [2.24, 2.45) is 5.73 Å². The van der Waals surface area contributed by atoms with Gasteiger partial charge in [-0.05, 0) is 6.42 Å². The Morgan fingerprint density at radius 3 is 1.36 bits per heavy atom. The van der Waals surface area contributed by atoms with E-state index in [1.54, 1.807) is 0 Å². The topological polar surface area (TPSA) is 46.2 Å². The summed E-state index contributed by atoms with van der Waals surface area (Å²) < 4.78 is 0. The lowest BCUT2D eigenvalue weighted by Gasteiger charge is -1.91. The third kappa shape index (κ3) is 9.14. The first-order chi connectivity index (χ1) is 5.27. The minimum absolute atomic E-state index is 0.616. The highest BCUT2D eigenvalue weighted by atomic mass is 16.3. The molecule has 2 heteroatoms. The van der Waals surface area contributed by atoms with Crippen molar-refractivity contribution in [1.29, 1.82) is 0 Å². The number of aliphatic hydroxyl groups is 1. The van der Waals surface area contributed by atoms with Crippen molar-refractivity contribution in [1.82, 2.24) is 0 Å². The Morgan fingerprint density at radius 2 is 1.27 bits per heavy atom. The summed E-state index contributed by atoms with van der Waals surface area (Å²) in [5, 5.41) is 8.14. The SMILES string of the molecule is CCC(N)O.c1ccccc1. The molecule has 1 unspecified atom stereocenters. The van der Waals surface area contributed by atoms with Gasteiger partial charge in [-0.15, -0.1) is 0 Å². The summed E-state index contributed by atoms with van der Waals surface area (Å²) in [5.41, 5.74) is 4.85.